The fourth-order valence-electron chi connectivity index (χ4n) is 3.57. The lowest BCUT2D eigenvalue weighted by Gasteiger charge is -2.36. The minimum Gasteiger partial charge on any atom is -0.379 e. The Morgan fingerprint density at radius 1 is 1.19 bits per heavy atom. The highest BCUT2D eigenvalue weighted by Crippen LogP contribution is 2.28. The van der Waals surface area contributed by atoms with Crippen LogP contribution in [0.15, 0.2) is 24.3 Å². The van der Waals surface area contributed by atoms with Crippen LogP contribution in [0.4, 0.5) is 0 Å². The Hall–Kier alpha value is -0.700. The first-order valence-electron chi connectivity index (χ1n) is 9.28. The summed E-state index contributed by atoms with van der Waals surface area (Å²) in [4.78, 5) is 2.24. The van der Waals surface area contributed by atoms with Gasteiger partial charge in [0.1, 0.15) is 0 Å². The highest BCUT2D eigenvalue weighted by molar-refractivity contribution is 7.87. The topological polar surface area (TPSA) is 61.9 Å². The van der Waals surface area contributed by atoms with Crippen LogP contribution in [0.2, 0.25) is 5.02 Å². The van der Waals surface area contributed by atoms with Crippen molar-refractivity contribution < 1.29 is 13.2 Å². The van der Waals surface area contributed by atoms with Gasteiger partial charge in [0.2, 0.25) is 0 Å². The molecule has 6 nitrogen and oxygen atoms in total. The number of ether oxygens (including phenoxy) is 1. The van der Waals surface area contributed by atoms with Gasteiger partial charge >= 0.3 is 0 Å². The summed E-state index contributed by atoms with van der Waals surface area (Å²) in [6, 6.07) is 7.55. The summed E-state index contributed by atoms with van der Waals surface area (Å²) in [7, 11) is -3.48. The lowest BCUT2D eigenvalue weighted by Crippen LogP contribution is -2.48. The number of hydrogen-bond acceptors (Lipinski definition) is 4. The Morgan fingerprint density at radius 2 is 1.85 bits per heavy atom. The molecule has 0 bridgehead atoms. The van der Waals surface area contributed by atoms with Gasteiger partial charge in [-0.2, -0.15) is 12.7 Å². The molecule has 2 aliphatic rings. The molecule has 2 saturated heterocycles. The van der Waals surface area contributed by atoms with Gasteiger partial charge in [-0.1, -0.05) is 36.7 Å². The summed E-state index contributed by atoms with van der Waals surface area (Å²) >= 11 is 6.41. The lowest BCUT2D eigenvalue weighted by atomic mass is 10.0. The number of piperidine rings is 1. The normalized spacial score (nSPS) is 22.4. The number of nitrogens with zero attached hydrogens (tertiary/aromatic N) is 2. The van der Waals surface area contributed by atoms with Crippen LogP contribution in [-0.4, -0.2) is 63.6 Å². The maximum absolute atomic E-state index is 12.7. The Bertz CT molecular complexity index is 687. The third-order valence-corrected chi connectivity index (χ3v) is 7.21. The van der Waals surface area contributed by atoms with E-state index in [9.17, 15) is 8.42 Å². The SMILES string of the molecule is CC1CCN(S(=O)(=O)NC[C@H](c2ccccc2Cl)N2CCOCC2)CC1. The maximum Gasteiger partial charge on any atom is 0.279 e. The number of morpholine rings is 1. The molecule has 1 aromatic carbocycles. The molecular weight excluding hydrogens is 374 g/mol. The monoisotopic (exact) mass is 401 g/mol. The zero-order chi connectivity index (χ0) is 18.6. The standard InChI is InChI=1S/C18H28ClN3O3S/c1-15-6-8-22(9-7-15)26(23,24)20-14-18(21-10-12-25-13-11-21)16-4-2-3-5-17(16)19/h2-5,15,18,20H,6-14H2,1H3/t18-/m1/s1. The van der Waals surface area contributed by atoms with Crippen LogP contribution in [0.25, 0.3) is 0 Å². The zero-order valence-electron chi connectivity index (χ0n) is 15.2. The van der Waals surface area contributed by atoms with Gasteiger partial charge in [0.05, 0.1) is 19.3 Å². The van der Waals surface area contributed by atoms with E-state index in [2.05, 4.69) is 16.5 Å². The zero-order valence-corrected chi connectivity index (χ0v) is 16.8. The smallest absolute Gasteiger partial charge is 0.279 e. The molecule has 0 saturated carbocycles. The van der Waals surface area contributed by atoms with Crippen molar-refractivity contribution in [3.05, 3.63) is 34.9 Å². The molecule has 2 aliphatic heterocycles. The van der Waals surface area contributed by atoms with Gasteiger partial charge in [-0.25, -0.2) is 4.72 Å². The van der Waals surface area contributed by atoms with Gasteiger partial charge in [0.25, 0.3) is 10.2 Å². The Balaban J connectivity index is 1.72. The molecule has 1 N–H and O–H groups in total. The van der Waals surface area contributed by atoms with Crippen molar-refractivity contribution >= 4 is 21.8 Å². The summed E-state index contributed by atoms with van der Waals surface area (Å²) in [5, 5.41) is 0.662. The summed E-state index contributed by atoms with van der Waals surface area (Å²) in [5.74, 6) is 0.589. The van der Waals surface area contributed by atoms with Gasteiger partial charge in [0, 0.05) is 37.7 Å². The predicted octanol–water partition coefficient (Wildman–Crippen LogP) is 2.28. The molecule has 2 fully saturated rings. The molecule has 0 aromatic heterocycles. The molecule has 1 aromatic rings. The van der Waals surface area contributed by atoms with Crippen molar-refractivity contribution in [1.82, 2.24) is 13.9 Å². The summed E-state index contributed by atoms with van der Waals surface area (Å²) in [5.41, 5.74) is 0.950. The molecule has 3 rings (SSSR count). The van der Waals surface area contributed by atoms with E-state index < -0.39 is 10.2 Å². The number of hydrogen-bond donors (Lipinski definition) is 1. The van der Waals surface area contributed by atoms with Crippen molar-refractivity contribution in [1.29, 1.82) is 0 Å². The van der Waals surface area contributed by atoms with Gasteiger partial charge in [0.15, 0.2) is 0 Å². The number of rotatable bonds is 6. The van der Waals surface area contributed by atoms with Crippen LogP contribution >= 0.6 is 11.6 Å². The van der Waals surface area contributed by atoms with E-state index in [0.717, 1.165) is 31.5 Å². The predicted molar refractivity (Wildman–Crippen MR) is 103 cm³/mol. The number of benzene rings is 1. The fourth-order valence-corrected chi connectivity index (χ4v) is 5.08. The van der Waals surface area contributed by atoms with Gasteiger partial charge in [-0.05, 0) is 30.4 Å². The quantitative estimate of drug-likeness (QED) is 0.794. The van der Waals surface area contributed by atoms with E-state index in [1.807, 2.05) is 24.3 Å². The largest absolute Gasteiger partial charge is 0.379 e. The molecule has 0 radical (unpaired) electrons. The van der Waals surface area contributed by atoms with E-state index in [1.165, 1.54) is 0 Å². The average molecular weight is 402 g/mol. The Kier molecular flexibility index (Phi) is 6.93. The highest BCUT2D eigenvalue weighted by Gasteiger charge is 2.30. The van der Waals surface area contributed by atoms with Crippen LogP contribution in [0.3, 0.4) is 0 Å². The molecule has 146 valence electrons. The molecule has 8 heteroatoms. The van der Waals surface area contributed by atoms with E-state index in [0.29, 0.717) is 43.8 Å². The van der Waals surface area contributed by atoms with E-state index in [-0.39, 0.29) is 6.04 Å². The fraction of sp³-hybridized carbons (Fsp3) is 0.667. The highest BCUT2D eigenvalue weighted by atomic mass is 35.5. The molecule has 0 spiro atoms. The molecule has 2 heterocycles. The third kappa shape index (κ3) is 4.97. The Labute approximate surface area is 161 Å². The minimum atomic E-state index is -3.48. The second-order valence-electron chi connectivity index (χ2n) is 7.12. The van der Waals surface area contributed by atoms with Crippen LogP contribution < -0.4 is 4.72 Å². The van der Waals surface area contributed by atoms with E-state index in [4.69, 9.17) is 16.3 Å². The van der Waals surface area contributed by atoms with Crippen molar-refractivity contribution in [2.75, 3.05) is 45.9 Å². The van der Waals surface area contributed by atoms with Gasteiger partial charge in [-0.15, -0.1) is 0 Å². The lowest BCUT2D eigenvalue weighted by molar-refractivity contribution is 0.0171. The third-order valence-electron chi connectivity index (χ3n) is 5.29. The average Bonchev–Trinajstić information content (AvgIpc) is 2.64. The van der Waals surface area contributed by atoms with Crippen molar-refractivity contribution in [2.45, 2.75) is 25.8 Å². The molecule has 0 amide bonds. The second-order valence-corrected chi connectivity index (χ2v) is 9.28. The summed E-state index contributed by atoms with van der Waals surface area (Å²) < 4.78 is 35.3. The Morgan fingerprint density at radius 3 is 2.50 bits per heavy atom. The second kappa shape index (κ2) is 8.99. The van der Waals surface area contributed by atoms with Crippen molar-refractivity contribution in [3.8, 4) is 0 Å². The van der Waals surface area contributed by atoms with Gasteiger partial charge in [-0.3, -0.25) is 4.90 Å². The number of nitrogens with one attached hydrogen (secondary N) is 1. The first-order chi connectivity index (χ1) is 12.5. The van der Waals surface area contributed by atoms with Crippen LogP contribution in [-0.2, 0) is 14.9 Å². The minimum absolute atomic E-state index is 0.105. The molecule has 0 unspecified atom stereocenters. The van der Waals surface area contributed by atoms with E-state index in [1.54, 1.807) is 4.31 Å². The molecule has 1 atom stereocenters. The summed E-state index contributed by atoms with van der Waals surface area (Å²) in [6.45, 7) is 6.48. The first kappa shape index (κ1) is 20.0. The number of halogens is 1. The summed E-state index contributed by atoms with van der Waals surface area (Å²) in [6.07, 6.45) is 1.83. The molecule has 0 aliphatic carbocycles. The van der Waals surface area contributed by atoms with Crippen LogP contribution in [0, 0.1) is 5.92 Å². The van der Waals surface area contributed by atoms with Crippen molar-refractivity contribution in [3.63, 3.8) is 0 Å². The van der Waals surface area contributed by atoms with Crippen LogP contribution in [0.1, 0.15) is 31.4 Å². The molecular formula is C18H28ClN3O3S. The van der Waals surface area contributed by atoms with Gasteiger partial charge < -0.3 is 4.74 Å². The molecule has 26 heavy (non-hydrogen) atoms. The van der Waals surface area contributed by atoms with Crippen molar-refractivity contribution in [2.24, 2.45) is 5.92 Å². The van der Waals surface area contributed by atoms with E-state index >= 15 is 0 Å². The first-order valence-corrected chi connectivity index (χ1v) is 11.1. The van der Waals surface area contributed by atoms with Crippen LogP contribution in [0.5, 0.6) is 0 Å². The maximum atomic E-state index is 12.7.